The first-order valence-electron chi connectivity index (χ1n) is 9.05. The molecule has 142 valence electrons. The molecular formula is C20H21ClN2O4. The number of fused-ring (bicyclic) bond motifs is 5. The Morgan fingerprint density at radius 3 is 2.37 bits per heavy atom. The van der Waals surface area contributed by atoms with Gasteiger partial charge in [0.05, 0.1) is 36.3 Å². The summed E-state index contributed by atoms with van der Waals surface area (Å²) in [5.41, 5.74) is 0.617. The van der Waals surface area contributed by atoms with Crippen LogP contribution in [0.5, 0.6) is 11.5 Å². The van der Waals surface area contributed by atoms with Crippen LogP contribution in [0.2, 0.25) is 5.02 Å². The molecule has 6 nitrogen and oxygen atoms in total. The van der Waals surface area contributed by atoms with E-state index in [1.165, 1.54) is 13.3 Å². The molecule has 27 heavy (non-hydrogen) atoms. The average Bonchev–Trinajstić information content (AvgIpc) is 3.29. The standard InChI is InChI=1S/C20H21ClN2O4/c1-10(2)27-18-14(21)6-11(7-15(18)26-3)9-22-23-19(24)16-12-4-5-13(8-12)17(16)20(23)25/h4-7,9-10,12-13,16-17H,8H2,1-3H3. The summed E-state index contributed by atoms with van der Waals surface area (Å²) in [5.74, 6) is 0.311. The fourth-order valence-electron chi connectivity index (χ4n) is 4.29. The van der Waals surface area contributed by atoms with Crippen LogP contribution in [0.25, 0.3) is 0 Å². The second kappa shape index (κ2) is 6.68. The molecular weight excluding hydrogens is 368 g/mol. The minimum Gasteiger partial charge on any atom is -0.493 e. The van der Waals surface area contributed by atoms with Gasteiger partial charge < -0.3 is 9.47 Å². The van der Waals surface area contributed by atoms with Gasteiger partial charge in [0.2, 0.25) is 0 Å². The molecule has 1 saturated carbocycles. The Bertz CT molecular complexity index is 834. The highest BCUT2D eigenvalue weighted by Gasteiger charge is 2.59. The van der Waals surface area contributed by atoms with Crippen LogP contribution >= 0.6 is 11.6 Å². The van der Waals surface area contributed by atoms with Gasteiger partial charge in [0.1, 0.15) is 0 Å². The summed E-state index contributed by atoms with van der Waals surface area (Å²) in [6, 6.07) is 3.38. The van der Waals surface area contributed by atoms with Crippen LogP contribution in [-0.4, -0.2) is 36.3 Å². The monoisotopic (exact) mass is 388 g/mol. The molecule has 2 amide bonds. The van der Waals surface area contributed by atoms with Crippen molar-refractivity contribution >= 4 is 29.6 Å². The number of hydrogen-bond acceptors (Lipinski definition) is 5. The lowest BCUT2D eigenvalue weighted by molar-refractivity contribution is -0.140. The number of halogens is 1. The van der Waals surface area contributed by atoms with Gasteiger partial charge >= 0.3 is 0 Å². The van der Waals surface area contributed by atoms with Gasteiger partial charge in [-0.2, -0.15) is 10.1 Å². The highest BCUT2D eigenvalue weighted by atomic mass is 35.5. The molecule has 7 heteroatoms. The number of benzene rings is 1. The first kappa shape index (κ1) is 18.0. The van der Waals surface area contributed by atoms with Gasteiger partial charge in [0.15, 0.2) is 11.5 Å². The van der Waals surface area contributed by atoms with Gasteiger partial charge in [-0.3, -0.25) is 9.59 Å². The molecule has 2 bridgehead atoms. The van der Waals surface area contributed by atoms with Crippen molar-refractivity contribution in [2.24, 2.45) is 28.8 Å². The van der Waals surface area contributed by atoms with Crippen molar-refractivity contribution in [2.45, 2.75) is 26.4 Å². The molecule has 3 aliphatic rings. The maximum absolute atomic E-state index is 12.7. The molecule has 0 radical (unpaired) electrons. The number of rotatable bonds is 5. The maximum atomic E-state index is 12.7. The minimum atomic E-state index is -0.260. The van der Waals surface area contributed by atoms with Gasteiger partial charge in [-0.15, -0.1) is 0 Å². The van der Waals surface area contributed by atoms with Crippen LogP contribution in [0.15, 0.2) is 29.4 Å². The maximum Gasteiger partial charge on any atom is 0.254 e. The second-order valence-corrected chi connectivity index (χ2v) is 7.84. The molecule has 4 atom stereocenters. The Hall–Kier alpha value is -2.34. The first-order valence-corrected chi connectivity index (χ1v) is 9.42. The van der Waals surface area contributed by atoms with Crippen LogP contribution in [0, 0.1) is 23.7 Å². The Balaban J connectivity index is 1.58. The molecule has 2 aliphatic carbocycles. The summed E-state index contributed by atoms with van der Waals surface area (Å²) in [6.07, 6.45) is 6.41. The van der Waals surface area contributed by atoms with Crippen LogP contribution in [0.1, 0.15) is 25.8 Å². The minimum absolute atomic E-state index is 0.0563. The number of nitrogens with zero attached hydrogens (tertiary/aromatic N) is 2. The van der Waals surface area contributed by atoms with Gasteiger partial charge in [0, 0.05) is 0 Å². The van der Waals surface area contributed by atoms with Crippen LogP contribution < -0.4 is 9.47 Å². The number of imide groups is 1. The van der Waals surface area contributed by atoms with E-state index in [1.807, 2.05) is 13.8 Å². The average molecular weight is 389 g/mol. The fourth-order valence-corrected chi connectivity index (χ4v) is 4.55. The molecule has 1 aliphatic heterocycles. The largest absolute Gasteiger partial charge is 0.493 e. The van der Waals surface area contributed by atoms with E-state index in [9.17, 15) is 9.59 Å². The third kappa shape index (κ3) is 2.92. The number of carbonyl (C=O) groups is 2. The Kier molecular flexibility index (Phi) is 4.46. The number of amides is 2. The smallest absolute Gasteiger partial charge is 0.254 e. The van der Waals surface area contributed by atoms with E-state index in [0.717, 1.165) is 11.4 Å². The molecule has 1 saturated heterocycles. The second-order valence-electron chi connectivity index (χ2n) is 7.43. The quantitative estimate of drug-likeness (QED) is 0.441. The lowest BCUT2D eigenvalue weighted by atomic mass is 9.85. The van der Waals surface area contributed by atoms with Gasteiger partial charge in [-0.1, -0.05) is 23.8 Å². The first-order chi connectivity index (χ1) is 12.9. The molecule has 2 fully saturated rings. The predicted molar refractivity (Wildman–Crippen MR) is 101 cm³/mol. The van der Waals surface area contributed by atoms with E-state index in [-0.39, 0.29) is 41.6 Å². The summed E-state index contributed by atoms with van der Waals surface area (Å²) < 4.78 is 11.0. The van der Waals surface area contributed by atoms with Gasteiger partial charge in [0.25, 0.3) is 11.8 Å². The van der Waals surface area contributed by atoms with Crippen molar-refractivity contribution in [2.75, 3.05) is 7.11 Å². The van der Waals surface area contributed by atoms with E-state index in [1.54, 1.807) is 12.1 Å². The van der Waals surface area contributed by atoms with Crippen molar-refractivity contribution in [1.82, 2.24) is 5.01 Å². The number of allylic oxidation sites excluding steroid dienone is 2. The lowest BCUT2D eigenvalue weighted by Gasteiger charge is -2.16. The van der Waals surface area contributed by atoms with Crippen LogP contribution in [-0.2, 0) is 9.59 Å². The molecule has 1 heterocycles. The Labute approximate surface area is 162 Å². The van der Waals surface area contributed by atoms with Crippen molar-refractivity contribution in [3.63, 3.8) is 0 Å². The lowest BCUT2D eigenvalue weighted by Crippen LogP contribution is -2.28. The fraction of sp³-hybridized carbons (Fsp3) is 0.450. The number of hydrogen-bond donors (Lipinski definition) is 0. The SMILES string of the molecule is COc1cc(C=NN2C(=O)C3C4C=CC(C4)C3C2=O)cc(Cl)c1OC(C)C. The predicted octanol–water partition coefficient (Wildman–Crippen LogP) is 3.28. The molecule has 0 aromatic heterocycles. The summed E-state index contributed by atoms with van der Waals surface area (Å²) in [5, 5.41) is 5.56. The zero-order chi connectivity index (χ0) is 19.3. The molecule has 4 rings (SSSR count). The van der Waals surface area contributed by atoms with Gasteiger partial charge in [-0.25, -0.2) is 0 Å². The van der Waals surface area contributed by atoms with Gasteiger partial charge in [-0.05, 0) is 49.8 Å². The third-order valence-electron chi connectivity index (χ3n) is 5.37. The van der Waals surface area contributed by atoms with Crippen LogP contribution in [0.3, 0.4) is 0 Å². The Morgan fingerprint density at radius 1 is 1.19 bits per heavy atom. The van der Waals surface area contributed by atoms with Crippen molar-refractivity contribution in [3.05, 3.63) is 34.9 Å². The molecule has 0 spiro atoms. The molecule has 1 aromatic carbocycles. The summed E-state index contributed by atoms with van der Waals surface area (Å²) in [4.78, 5) is 25.3. The zero-order valence-electron chi connectivity index (χ0n) is 15.4. The van der Waals surface area contributed by atoms with E-state index in [4.69, 9.17) is 21.1 Å². The van der Waals surface area contributed by atoms with Crippen molar-refractivity contribution in [1.29, 1.82) is 0 Å². The van der Waals surface area contributed by atoms with Crippen molar-refractivity contribution < 1.29 is 19.1 Å². The summed E-state index contributed by atoms with van der Waals surface area (Å²) >= 11 is 6.31. The number of methoxy groups -OCH3 is 1. The summed E-state index contributed by atoms with van der Waals surface area (Å²) in [6.45, 7) is 3.79. The molecule has 1 aromatic rings. The third-order valence-corrected chi connectivity index (χ3v) is 5.66. The van der Waals surface area contributed by atoms with E-state index in [2.05, 4.69) is 17.3 Å². The van der Waals surface area contributed by atoms with E-state index < -0.39 is 0 Å². The highest BCUT2D eigenvalue weighted by Crippen LogP contribution is 2.52. The van der Waals surface area contributed by atoms with Crippen molar-refractivity contribution in [3.8, 4) is 11.5 Å². The number of ether oxygens (including phenoxy) is 2. The topological polar surface area (TPSA) is 68.2 Å². The van der Waals surface area contributed by atoms with E-state index >= 15 is 0 Å². The molecule has 4 unspecified atom stereocenters. The summed E-state index contributed by atoms with van der Waals surface area (Å²) in [7, 11) is 1.53. The zero-order valence-corrected chi connectivity index (χ0v) is 16.1. The normalized spacial score (nSPS) is 28.7. The number of hydrazone groups is 1. The van der Waals surface area contributed by atoms with E-state index in [0.29, 0.717) is 22.1 Å². The highest BCUT2D eigenvalue weighted by molar-refractivity contribution is 6.32. The molecule has 0 N–H and O–H groups in total. The Morgan fingerprint density at radius 2 is 1.81 bits per heavy atom. The van der Waals surface area contributed by atoms with Crippen LogP contribution in [0.4, 0.5) is 0 Å². The number of carbonyl (C=O) groups excluding carboxylic acids is 2.